The van der Waals surface area contributed by atoms with Crippen molar-refractivity contribution in [3.63, 3.8) is 0 Å². The summed E-state index contributed by atoms with van der Waals surface area (Å²) in [6, 6.07) is 3.68. The first-order chi connectivity index (χ1) is 12.0. The molecule has 0 unspecified atom stereocenters. The number of hydrogen-bond donors (Lipinski definition) is 3. The zero-order chi connectivity index (χ0) is 18.1. The van der Waals surface area contributed by atoms with Crippen LogP contribution in [0.1, 0.15) is 21.7 Å². The SMILES string of the molecule is COC(=O)c1[nH]ncc1-c1cc(-c2sc(N)nc2C)nc(N)c1C#N. The number of carbonyl (C=O) groups excluding carboxylic acids is 1. The minimum Gasteiger partial charge on any atom is -0.464 e. The smallest absolute Gasteiger partial charge is 0.356 e. The van der Waals surface area contributed by atoms with Gasteiger partial charge in [-0.05, 0) is 13.0 Å². The van der Waals surface area contributed by atoms with Crippen molar-refractivity contribution < 1.29 is 9.53 Å². The molecule has 0 radical (unpaired) electrons. The Morgan fingerprint density at radius 2 is 2.12 bits per heavy atom. The second kappa shape index (κ2) is 6.21. The predicted octanol–water partition coefficient (Wildman–Crippen LogP) is 1.73. The molecule has 0 atom stereocenters. The average molecular weight is 355 g/mol. The van der Waals surface area contributed by atoms with E-state index in [0.717, 1.165) is 4.88 Å². The van der Waals surface area contributed by atoms with Crippen molar-refractivity contribution in [3.8, 4) is 27.8 Å². The number of nitrogens with one attached hydrogen (secondary N) is 1. The summed E-state index contributed by atoms with van der Waals surface area (Å²) in [6.07, 6.45) is 1.43. The van der Waals surface area contributed by atoms with Gasteiger partial charge >= 0.3 is 5.97 Å². The second-order valence-electron chi connectivity index (χ2n) is 5.04. The van der Waals surface area contributed by atoms with Gasteiger partial charge in [0.1, 0.15) is 17.5 Å². The molecule has 0 fully saturated rings. The van der Waals surface area contributed by atoms with Crippen LogP contribution < -0.4 is 11.5 Å². The first-order valence-corrected chi connectivity index (χ1v) is 7.83. The monoisotopic (exact) mass is 355 g/mol. The fourth-order valence-corrected chi connectivity index (χ4v) is 3.21. The van der Waals surface area contributed by atoms with Crippen LogP contribution in [-0.2, 0) is 4.74 Å². The molecular formula is C15H13N7O2S. The third-order valence-corrected chi connectivity index (χ3v) is 4.53. The van der Waals surface area contributed by atoms with Crippen molar-refractivity contribution in [2.24, 2.45) is 0 Å². The van der Waals surface area contributed by atoms with Crippen LogP contribution in [0, 0.1) is 18.3 Å². The fraction of sp³-hybridized carbons (Fsp3) is 0.133. The van der Waals surface area contributed by atoms with Crippen LogP contribution in [0.15, 0.2) is 12.3 Å². The topological polar surface area (TPSA) is 157 Å². The third kappa shape index (κ3) is 2.77. The lowest BCUT2D eigenvalue weighted by Crippen LogP contribution is -2.05. The molecule has 3 aromatic rings. The summed E-state index contributed by atoms with van der Waals surface area (Å²) < 4.78 is 4.73. The highest BCUT2D eigenvalue weighted by Crippen LogP contribution is 2.36. The highest BCUT2D eigenvalue weighted by Gasteiger charge is 2.22. The lowest BCUT2D eigenvalue weighted by Gasteiger charge is -2.09. The summed E-state index contributed by atoms with van der Waals surface area (Å²) in [5, 5.41) is 16.3. The molecule has 0 aliphatic carbocycles. The number of nitrogens with zero attached hydrogens (tertiary/aromatic N) is 4. The van der Waals surface area contributed by atoms with E-state index in [1.165, 1.54) is 24.6 Å². The lowest BCUT2D eigenvalue weighted by atomic mass is 10.00. The van der Waals surface area contributed by atoms with E-state index in [-0.39, 0.29) is 17.1 Å². The molecule has 0 aliphatic rings. The number of rotatable bonds is 3. The molecule has 5 N–H and O–H groups in total. The number of aromatic amines is 1. The molecule has 0 amide bonds. The maximum absolute atomic E-state index is 11.9. The van der Waals surface area contributed by atoms with E-state index in [1.54, 1.807) is 13.0 Å². The Balaban J connectivity index is 2.27. The number of carbonyl (C=O) groups is 1. The highest BCUT2D eigenvalue weighted by molar-refractivity contribution is 7.18. The summed E-state index contributed by atoms with van der Waals surface area (Å²) in [4.78, 5) is 21.1. The van der Waals surface area contributed by atoms with Gasteiger partial charge < -0.3 is 16.2 Å². The minimum absolute atomic E-state index is 0.0402. The van der Waals surface area contributed by atoms with Gasteiger partial charge in [0, 0.05) is 11.1 Å². The number of aryl methyl sites for hydroxylation is 1. The van der Waals surface area contributed by atoms with Crippen LogP contribution in [0.3, 0.4) is 0 Å². The summed E-state index contributed by atoms with van der Waals surface area (Å²) in [7, 11) is 1.26. The molecule has 0 saturated heterocycles. The number of thiazole rings is 1. The molecule has 3 rings (SSSR count). The summed E-state index contributed by atoms with van der Waals surface area (Å²) in [5.41, 5.74) is 14.0. The molecular weight excluding hydrogens is 342 g/mol. The van der Waals surface area contributed by atoms with E-state index in [4.69, 9.17) is 16.2 Å². The van der Waals surface area contributed by atoms with Gasteiger partial charge in [0.25, 0.3) is 0 Å². The first kappa shape index (κ1) is 16.4. The molecule has 126 valence electrons. The largest absolute Gasteiger partial charge is 0.464 e. The summed E-state index contributed by atoms with van der Waals surface area (Å²) in [6.45, 7) is 1.80. The minimum atomic E-state index is -0.605. The Hall–Kier alpha value is -3.45. The third-order valence-electron chi connectivity index (χ3n) is 3.52. The van der Waals surface area contributed by atoms with Gasteiger partial charge in [-0.25, -0.2) is 14.8 Å². The van der Waals surface area contributed by atoms with E-state index < -0.39 is 5.97 Å². The quantitative estimate of drug-likeness (QED) is 0.599. The lowest BCUT2D eigenvalue weighted by molar-refractivity contribution is 0.0595. The van der Waals surface area contributed by atoms with E-state index in [0.29, 0.717) is 27.6 Å². The number of nitriles is 1. The van der Waals surface area contributed by atoms with Crippen molar-refractivity contribution in [1.29, 1.82) is 5.26 Å². The van der Waals surface area contributed by atoms with Gasteiger partial charge in [-0.15, -0.1) is 0 Å². The zero-order valence-corrected chi connectivity index (χ0v) is 14.1. The number of nitrogens with two attached hydrogens (primary N) is 2. The number of nitrogen functional groups attached to an aromatic ring is 2. The zero-order valence-electron chi connectivity index (χ0n) is 13.3. The van der Waals surface area contributed by atoms with E-state index in [1.807, 2.05) is 6.07 Å². The summed E-state index contributed by atoms with van der Waals surface area (Å²) in [5.74, 6) is -0.565. The van der Waals surface area contributed by atoms with Gasteiger partial charge in [-0.2, -0.15) is 10.4 Å². The van der Waals surface area contributed by atoms with E-state index >= 15 is 0 Å². The number of methoxy groups -OCH3 is 1. The van der Waals surface area contributed by atoms with Crippen molar-refractivity contribution in [2.45, 2.75) is 6.92 Å². The molecule has 0 aliphatic heterocycles. The number of esters is 1. The molecule has 10 heteroatoms. The Morgan fingerprint density at radius 1 is 1.36 bits per heavy atom. The number of H-pyrrole nitrogens is 1. The van der Waals surface area contributed by atoms with Gasteiger partial charge in [0.2, 0.25) is 0 Å². The van der Waals surface area contributed by atoms with Crippen molar-refractivity contribution in [3.05, 3.63) is 29.2 Å². The average Bonchev–Trinajstić information content (AvgIpc) is 3.19. The molecule has 3 aromatic heterocycles. The van der Waals surface area contributed by atoms with Crippen LogP contribution >= 0.6 is 11.3 Å². The van der Waals surface area contributed by atoms with Gasteiger partial charge in [-0.3, -0.25) is 5.10 Å². The molecule has 0 saturated carbocycles. The molecule has 25 heavy (non-hydrogen) atoms. The van der Waals surface area contributed by atoms with Crippen molar-refractivity contribution in [1.82, 2.24) is 20.2 Å². The number of pyridine rings is 1. The van der Waals surface area contributed by atoms with Crippen molar-refractivity contribution >= 4 is 28.3 Å². The number of ether oxygens (including phenoxy) is 1. The van der Waals surface area contributed by atoms with Crippen LogP contribution in [-0.4, -0.2) is 33.2 Å². The first-order valence-electron chi connectivity index (χ1n) is 7.02. The molecule has 9 nitrogen and oxygen atoms in total. The van der Waals surface area contributed by atoms with E-state index in [9.17, 15) is 10.1 Å². The maximum atomic E-state index is 11.9. The van der Waals surface area contributed by atoms with Crippen LogP contribution in [0.25, 0.3) is 21.7 Å². The Morgan fingerprint density at radius 3 is 2.72 bits per heavy atom. The molecule has 0 aromatic carbocycles. The second-order valence-corrected chi connectivity index (χ2v) is 6.07. The number of hydrogen-bond acceptors (Lipinski definition) is 9. The molecule has 0 spiro atoms. The van der Waals surface area contributed by atoms with Crippen LogP contribution in [0.4, 0.5) is 10.9 Å². The highest BCUT2D eigenvalue weighted by atomic mass is 32.1. The van der Waals surface area contributed by atoms with Crippen LogP contribution in [0.5, 0.6) is 0 Å². The van der Waals surface area contributed by atoms with Crippen molar-refractivity contribution in [2.75, 3.05) is 18.6 Å². The molecule has 0 bridgehead atoms. The maximum Gasteiger partial charge on any atom is 0.356 e. The Labute approximate surface area is 146 Å². The van der Waals surface area contributed by atoms with E-state index in [2.05, 4.69) is 20.2 Å². The fourth-order valence-electron chi connectivity index (χ4n) is 2.41. The van der Waals surface area contributed by atoms with Gasteiger partial charge in [0.15, 0.2) is 10.8 Å². The Kier molecular flexibility index (Phi) is 4.08. The normalized spacial score (nSPS) is 10.4. The predicted molar refractivity (Wildman–Crippen MR) is 92.5 cm³/mol. The summed E-state index contributed by atoms with van der Waals surface area (Å²) >= 11 is 1.26. The number of aromatic nitrogens is 4. The molecule has 3 heterocycles. The Bertz CT molecular complexity index is 1020. The van der Waals surface area contributed by atoms with Crippen LogP contribution in [0.2, 0.25) is 0 Å². The number of anilines is 2. The standard InChI is InChI=1S/C15H13N7O2S/c1-6-12(25-15(18)20-6)10-3-7(8(4-16)13(17)21-10)9-5-19-22-11(9)14(23)24-2/h3,5H,1-2H3,(H2,17,21)(H2,18,20)(H,19,22). The van der Waals surface area contributed by atoms with Gasteiger partial charge in [-0.1, -0.05) is 11.3 Å². The van der Waals surface area contributed by atoms with Gasteiger partial charge in [0.05, 0.1) is 29.6 Å².